The second-order valence-corrected chi connectivity index (χ2v) is 6.66. The molecule has 1 amide bonds. The van der Waals surface area contributed by atoms with E-state index in [4.69, 9.17) is 4.74 Å². The minimum Gasteiger partial charge on any atom is -0.496 e. The molecule has 0 saturated heterocycles. The van der Waals surface area contributed by atoms with E-state index in [2.05, 4.69) is 16.4 Å². The number of thiazole rings is 1. The van der Waals surface area contributed by atoms with Gasteiger partial charge in [-0.1, -0.05) is 25.0 Å². The van der Waals surface area contributed by atoms with Crippen molar-refractivity contribution in [1.82, 2.24) is 4.98 Å². The van der Waals surface area contributed by atoms with E-state index in [0.717, 1.165) is 42.6 Å². The number of nitrogens with zero attached hydrogens (tertiary/aromatic N) is 1. The summed E-state index contributed by atoms with van der Waals surface area (Å²) in [5, 5.41) is 5.51. The molecule has 22 heavy (non-hydrogen) atoms. The van der Waals surface area contributed by atoms with Crippen molar-refractivity contribution < 1.29 is 9.53 Å². The molecule has 0 unspecified atom stereocenters. The Morgan fingerprint density at radius 1 is 1.36 bits per heavy atom. The van der Waals surface area contributed by atoms with Crippen LogP contribution in [0.25, 0.3) is 0 Å². The van der Waals surface area contributed by atoms with Crippen LogP contribution in [0.15, 0.2) is 29.8 Å². The van der Waals surface area contributed by atoms with Crippen LogP contribution in [0.5, 0.6) is 5.75 Å². The van der Waals surface area contributed by atoms with E-state index < -0.39 is 5.41 Å². The molecular formula is C17H20N2O2S. The number of hydrogen-bond donors (Lipinski definition) is 1. The predicted octanol–water partition coefficient (Wildman–Crippen LogP) is 3.91. The van der Waals surface area contributed by atoms with Crippen LogP contribution in [0, 0.1) is 6.92 Å². The van der Waals surface area contributed by atoms with Crippen molar-refractivity contribution in [2.45, 2.75) is 38.0 Å². The summed E-state index contributed by atoms with van der Waals surface area (Å²) in [7, 11) is 1.67. The molecule has 1 fully saturated rings. The van der Waals surface area contributed by atoms with Crippen molar-refractivity contribution in [1.29, 1.82) is 0 Å². The van der Waals surface area contributed by atoms with Gasteiger partial charge in [-0.15, -0.1) is 11.3 Å². The number of aryl methyl sites for hydroxylation is 1. The molecule has 1 saturated carbocycles. The predicted molar refractivity (Wildman–Crippen MR) is 88.6 cm³/mol. The molecule has 1 heterocycles. The third kappa shape index (κ3) is 2.61. The van der Waals surface area contributed by atoms with Gasteiger partial charge in [0.15, 0.2) is 5.13 Å². The van der Waals surface area contributed by atoms with Gasteiger partial charge >= 0.3 is 0 Å². The first-order chi connectivity index (χ1) is 10.7. The number of carbonyl (C=O) groups is 1. The van der Waals surface area contributed by atoms with Gasteiger partial charge in [-0.2, -0.15) is 0 Å². The zero-order valence-electron chi connectivity index (χ0n) is 12.9. The standard InChI is InChI=1S/C17H20N2O2S/c1-12-5-6-13(11-14(12)21-2)17(7-3-4-8-17)15(20)19-16-18-9-10-22-16/h5-6,9-11H,3-4,7-8H2,1-2H3,(H,18,19,20). The first-order valence-electron chi connectivity index (χ1n) is 7.52. The topological polar surface area (TPSA) is 51.2 Å². The summed E-state index contributed by atoms with van der Waals surface area (Å²) in [5.74, 6) is 0.886. The quantitative estimate of drug-likeness (QED) is 0.930. The van der Waals surface area contributed by atoms with Crippen LogP contribution in [0.2, 0.25) is 0 Å². The van der Waals surface area contributed by atoms with Crippen LogP contribution >= 0.6 is 11.3 Å². The summed E-state index contributed by atoms with van der Waals surface area (Å²) in [6, 6.07) is 6.11. The summed E-state index contributed by atoms with van der Waals surface area (Å²) in [6.07, 6.45) is 5.59. The molecule has 5 heteroatoms. The zero-order chi connectivity index (χ0) is 15.6. The van der Waals surface area contributed by atoms with Crippen molar-refractivity contribution in [3.8, 4) is 5.75 Å². The molecule has 1 aliphatic rings. The Morgan fingerprint density at radius 2 is 2.14 bits per heavy atom. The largest absolute Gasteiger partial charge is 0.496 e. The fourth-order valence-corrected chi connectivity index (χ4v) is 3.77. The van der Waals surface area contributed by atoms with Crippen LogP contribution in [0.3, 0.4) is 0 Å². The van der Waals surface area contributed by atoms with Crippen molar-refractivity contribution in [3.63, 3.8) is 0 Å². The maximum absolute atomic E-state index is 12.9. The van der Waals surface area contributed by atoms with E-state index in [-0.39, 0.29) is 5.91 Å². The number of aromatic nitrogens is 1. The van der Waals surface area contributed by atoms with Gasteiger partial charge in [0.05, 0.1) is 12.5 Å². The lowest BCUT2D eigenvalue weighted by atomic mass is 9.77. The number of benzene rings is 1. The Morgan fingerprint density at radius 3 is 2.77 bits per heavy atom. The fraction of sp³-hybridized carbons (Fsp3) is 0.412. The van der Waals surface area contributed by atoms with Gasteiger partial charge in [-0.3, -0.25) is 4.79 Å². The van der Waals surface area contributed by atoms with Crippen molar-refractivity contribution in [2.75, 3.05) is 12.4 Å². The maximum Gasteiger partial charge on any atom is 0.236 e. The van der Waals surface area contributed by atoms with Gasteiger partial charge in [-0.25, -0.2) is 4.98 Å². The molecule has 116 valence electrons. The molecule has 4 nitrogen and oxygen atoms in total. The smallest absolute Gasteiger partial charge is 0.236 e. The van der Waals surface area contributed by atoms with E-state index in [1.165, 1.54) is 11.3 Å². The van der Waals surface area contributed by atoms with Crippen LogP contribution in [0.1, 0.15) is 36.8 Å². The number of amides is 1. The number of methoxy groups -OCH3 is 1. The van der Waals surface area contributed by atoms with Crippen LogP contribution in [0.4, 0.5) is 5.13 Å². The van der Waals surface area contributed by atoms with Crippen molar-refractivity contribution in [2.24, 2.45) is 0 Å². The van der Waals surface area contributed by atoms with E-state index >= 15 is 0 Å². The first-order valence-corrected chi connectivity index (χ1v) is 8.40. The van der Waals surface area contributed by atoms with Crippen molar-refractivity contribution >= 4 is 22.4 Å². The molecule has 0 spiro atoms. The van der Waals surface area contributed by atoms with E-state index in [1.807, 2.05) is 24.4 Å². The number of carbonyl (C=O) groups excluding carboxylic acids is 1. The highest BCUT2D eigenvalue weighted by molar-refractivity contribution is 7.13. The maximum atomic E-state index is 12.9. The van der Waals surface area contributed by atoms with E-state index in [1.54, 1.807) is 13.3 Å². The molecule has 2 aromatic rings. The molecular weight excluding hydrogens is 296 g/mol. The normalized spacial score (nSPS) is 16.5. The summed E-state index contributed by atoms with van der Waals surface area (Å²) < 4.78 is 5.43. The SMILES string of the molecule is COc1cc(C2(C(=O)Nc3nccs3)CCCC2)ccc1C. The van der Waals surface area contributed by atoms with E-state index in [9.17, 15) is 4.79 Å². The van der Waals surface area contributed by atoms with Crippen molar-refractivity contribution in [3.05, 3.63) is 40.9 Å². The minimum atomic E-state index is -0.466. The Bertz CT molecular complexity index is 661. The number of nitrogens with one attached hydrogen (secondary N) is 1. The van der Waals surface area contributed by atoms with E-state index in [0.29, 0.717) is 5.13 Å². The van der Waals surface area contributed by atoms with Gasteiger partial charge in [-0.05, 0) is 37.0 Å². The lowest BCUT2D eigenvalue weighted by molar-refractivity contribution is -0.121. The van der Waals surface area contributed by atoms with Gasteiger partial charge < -0.3 is 10.1 Å². The number of hydrogen-bond acceptors (Lipinski definition) is 4. The molecule has 1 aliphatic carbocycles. The van der Waals surface area contributed by atoms with Crippen LogP contribution in [-0.2, 0) is 10.2 Å². The summed E-state index contributed by atoms with van der Waals surface area (Å²) in [5.41, 5.74) is 1.66. The number of ether oxygens (including phenoxy) is 1. The average molecular weight is 316 g/mol. The number of rotatable bonds is 4. The third-order valence-corrected chi connectivity index (χ3v) is 5.19. The van der Waals surface area contributed by atoms with Crippen LogP contribution < -0.4 is 10.1 Å². The molecule has 3 rings (SSSR count). The molecule has 1 aromatic carbocycles. The highest BCUT2D eigenvalue weighted by atomic mass is 32.1. The summed E-state index contributed by atoms with van der Waals surface area (Å²) >= 11 is 1.45. The van der Waals surface area contributed by atoms with Gasteiger partial charge in [0.25, 0.3) is 0 Å². The average Bonchev–Trinajstić information content (AvgIpc) is 3.19. The van der Waals surface area contributed by atoms with Gasteiger partial charge in [0, 0.05) is 11.6 Å². The Balaban J connectivity index is 1.96. The second kappa shape index (κ2) is 6.08. The molecule has 0 atom stereocenters. The lowest BCUT2D eigenvalue weighted by Crippen LogP contribution is -2.38. The first kappa shape index (κ1) is 15.0. The Kier molecular flexibility index (Phi) is 4.16. The molecule has 1 aromatic heterocycles. The van der Waals surface area contributed by atoms with Gasteiger partial charge in [0.1, 0.15) is 5.75 Å². The lowest BCUT2D eigenvalue weighted by Gasteiger charge is -2.28. The zero-order valence-corrected chi connectivity index (χ0v) is 13.7. The Hall–Kier alpha value is -1.88. The third-order valence-electron chi connectivity index (χ3n) is 4.51. The number of anilines is 1. The highest BCUT2D eigenvalue weighted by Gasteiger charge is 2.43. The minimum absolute atomic E-state index is 0.0471. The molecule has 1 N–H and O–H groups in total. The molecule has 0 bridgehead atoms. The summed E-state index contributed by atoms with van der Waals surface area (Å²) in [6.45, 7) is 2.01. The highest BCUT2D eigenvalue weighted by Crippen LogP contribution is 2.43. The Labute approximate surface area is 134 Å². The molecule has 0 aliphatic heterocycles. The second-order valence-electron chi connectivity index (χ2n) is 5.76. The van der Waals surface area contributed by atoms with Crippen LogP contribution in [-0.4, -0.2) is 18.0 Å². The molecule has 0 radical (unpaired) electrons. The monoisotopic (exact) mass is 316 g/mol. The summed E-state index contributed by atoms with van der Waals surface area (Å²) in [4.78, 5) is 17.1. The fourth-order valence-electron chi connectivity index (χ4n) is 3.24. The van der Waals surface area contributed by atoms with Gasteiger partial charge in [0.2, 0.25) is 5.91 Å².